The van der Waals surface area contributed by atoms with Crippen LogP contribution in [0.15, 0.2) is 14.9 Å². The maximum absolute atomic E-state index is 12.7. The number of hydrogen-bond donors (Lipinski definition) is 0. The fourth-order valence-corrected chi connectivity index (χ4v) is 1.09. The molecule has 0 atom stereocenters. The van der Waals surface area contributed by atoms with Gasteiger partial charge in [0.1, 0.15) is 5.76 Å². The van der Waals surface area contributed by atoms with Crippen LogP contribution >= 0.6 is 0 Å². The summed E-state index contributed by atoms with van der Waals surface area (Å²) in [6.45, 7) is 3.46. The summed E-state index contributed by atoms with van der Waals surface area (Å²) < 4.78 is 22.4. The topological polar surface area (TPSA) is 26.3 Å². The number of rotatable bonds is 0. The van der Waals surface area contributed by atoms with Gasteiger partial charge < -0.3 is 8.83 Å². The lowest BCUT2D eigenvalue weighted by atomic mass is 10.2. The van der Waals surface area contributed by atoms with Crippen molar-refractivity contribution < 1.29 is 13.2 Å². The predicted molar refractivity (Wildman–Crippen MR) is 37.9 cm³/mol. The molecule has 0 aliphatic heterocycles. The smallest absolute Gasteiger partial charge is 0.300 e. The summed E-state index contributed by atoms with van der Waals surface area (Å²) >= 11 is 0. The lowest BCUT2D eigenvalue weighted by Crippen LogP contribution is -1.69. The summed E-state index contributed by atoms with van der Waals surface area (Å²) in [6, 6.07) is 1.20. The minimum atomic E-state index is -0.557. The molecule has 2 heterocycles. The van der Waals surface area contributed by atoms with Crippen molar-refractivity contribution in [3.63, 3.8) is 0 Å². The first kappa shape index (κ1) is 6.46. The minimum absolute atomic E-state index is 0.275. The minimum Gasteiger partial charge on any atom is -0.430 e. The predicted octanol–water partition coefficient (Wildman–Crippen LogP) is 2.78. The largest absolute Gasteiger partial charge is 0.430 e. The van der Waals surface area contributed by atoms with Gasteiger partial charge in [-0.2, -0.15) is 4.39 Å². The van der Waals surface area contributed by atoms with Gasteiger partial charge in [0.2, 0.25) is 0 Å². The van der Waals surface area contributed by atoms with Gasteiger partial charge >= 0.3 is 0 Å². The van der Waals surface area contributed by atoms with E-state index in [-0.39, 0.29) is 5.78 Å². The van der Waals surface area contributed by atoms with Crippen LogP contribution in [0.25, 0.3) is 11.2 Å². The zero-order valence-electron chi connectivity index (χ0n) is 6.27. The van der Waals surface area contributed by atoms with Crippen LogP contribution in [0.4, 0.5) is 4.39 Å². The second-order valence-electron chi connectivity index (χ2n) is 2.56. The molecule has 0 bridgehead atoms. The SMILES string of the molecule is Cc1cc2c(C)c(F)oc2o1. The van der Waals surface area contributed by atoms with Crippen LogP contribution < -0.4 is 0 Å². The highest BCUT2D eigenvalue weighted by Crippen LogP contribution is 2.26. The molecule has 0 saturated heterocycles. The number of halogens is 1. The van der Waals surface area contributed by atoms with Gasteiger partial charge in [-0.25, -0.2) is 0 Å². The molecule has 0 fully saturated rings. The van der Waals surface area contributed by atoms with Gasteiger partial charge in [0, 0.05) is 5.56 Å². The van der Waals surface area contributed by atoms with Gasteiger partial charge in [0.15, 0.2) is 0 Å². The molecule has 2 nitrogen and oxygen atoms in total. The normalized spacial score (nSPS) is 11.2. The van der Waals surface area contributed by atoms with Crippen molar-refractivity contribution in [1.29, 1.82) is 0 Å². The van der Waals surface area contributed by atoms with E-state index in [1.165, 1.54) is 0 Å². The third-order valence-corrected chi connectivity index (χ3v) is 1.70. The van der Waals surface area contributed by atoms with E-state index in [0.29, 0.717) is 5.56 Å². The molecule has 2 rings (SSSR count). The first-order chi connectivity index (χ1) is 5.18. The van der Waals surface area contributed by atoms with Gasteiger partial charge in [-0.1, -0.05) is 0 Å². The number of furan rings is 2. The molecule has 0 spiro atoms. The zero-order chi connectivity index (χ0) is 8.01. The monoisotopic (exact) mass is 154 g/mol. The maximum Gasteiger partial charge on any atom is 0.300 e. The number of aryl methyl sites for hydroxylation is 2. The Kier molecular flexibility index (Phi) is 1.10. The van der Waals surface area contributed by atoms with Crippen molar-refractivity contribution in [2.24, 2.45) is 0 Å². The molecule has 2 aromatic heterocycles. The van der Waals surface area contributed by atoms with Crippen LogP contribution in [-0.4, -0.2) is 0 Å². The van der Waals surface area contributed by atoms with E-state index in [0.717, 1.165) is 11.1 Å². The third-order valence-electron chi connectivity index (χ3n) is 1.70. The molecule has 0 aliphatic carbocycles. The van der Waals surface area contributed by atoms with Crippen LogP contribution in [0.3, 0.4) is 0 Å². The number of fused-ring (bicyclic) bond motifs is 1. The van der Waals surface area contributed by atoms with Crippen LogP contribution in [0.2, 0.25) is 0 Å². The molecule has 3 heteroatoms. The first-order valence-electron chi connectivity index (χ1n) is 3.33. The Morgan fingerprint density at radius 3 is 2.64 bits per heavy atom. The molecule has 0 unspecified atom stereocenters. The van der Waals surface area contributed by atoms with E-state index in [4.69, 9.17) is 4.42 Å². The summed E-state index contributed by atoms with van der Waals surface area (Å²) in [5, 5.41) is 0.722. The molecule has 11 heavy (non-hydrogen) atoms. The molecule has 0 aliphatic rings. The molecule has 0 aromatic carbocycles. The summed E-state index contributed by atoms with van der Waals surface area (Å²) in [6.07, 6.45) is 0. The zero-order valence-corrected chi connectivity index (χ0v) is 6.27. The summed E-state index contributed by atoms with van der Waals surface area (Å²) in [5.74, 6) is 1.01. The summed E-state index contributed by atoms with van der Waals surface area (Å²) in [7, 11) is 0. The Bertz CT molecular complexity index is 397. The molecule has 2 aromatic rings. The first-order valence-corrected chi connectivity index (χ1v) is 3.33. The van der Waals surface area contributed by atoms with Crippen LogP contribution in [0.1, 0.15) is 11.3 Å². The Hall–Kier alpha value is -1.25. The van der Waals surface area contributed by atoms with Crippen molar-refractivity contribution >= 4 is 11.2 Å². The molecular weight excluding hydrogens is 147 g/mol. The van der Waals surface area contributed by atoms with Crippen molar-refractivity contribution in [2.45, 2.75) is 13.8 Å². The van der Waals surface area contributed by atoms with Crippen LogP contribution in [-0.2, 0) is 0 Å². The highest BCUT2D eigenvalue weighted by Gasteiger charge is 2.12. The highest BCUT2D eigenvalue weighted by atomic mass is 19.1. The van der Waals surface area contributed by atoms with Gasteiger partial charge in [-0.05, 0) is 19.9 Å². The van der Waals surface area contributed by atoms with Crippen LogP contribution in [0, 0.1) is 19.9 Å². The van der Waals surface area contributed by atoms with E-state index in [1.54, 1.807) is 19.9 Å². The lowest BCUT2D eigenvalue weighted by molar-refractivity contribution is 0.339. The van der Waals surface area contributed by atoms with Crippen molar-refractivity contribution in [3.05, 3.63) is 23.4 Å². The third kappa shape index (κ3) is 0.770. The van der Waals surface area contributed by atoms with Crippen LogP contribution in [0.5, 0.6) is 0 Å². The van der Waals surface area contributed by atoms with E-state index < -0.39 is 6.01 Å². The Morgan fingerprint density at radius 2 is 2.00 bits per heavy atom. The molecular formula is C8H7FO2. The van der Waals surface area contributed by atoms with Gasteiger partial charge in [0.05, 0.1) is 5.39 Å². The fraction of sp³-hybridized carbons (Fsp3) is 0.250. The second kappa shape index (κ2) is 1.87. The quantitative estimate of drug-likeness (QED) is 0.583. The lowest BCUT2D eigenvalue weighted by Gasteiger charge is -1.79. The van der Waals surface area contributed by atoms with Crippen molar-refractivity contribution in [3.8, 4) is 0 Å². The van der Waals surface area contributed by atoms with E-state index >= 15 is 0 Å². The average Bonchev–Trinajstić information content (AvgIpc) is 2.37. The van der Waals surface area contributed by atoms with Gasteiger partial charge in [-0.3, -0.25) is 0 Å². The molecule has 0 saturated carbocycles. The fourth-order valence-electron chi connectivity index (χ4n) is 1.09. The Balaban J connectivity index is 2.88. The van der Waals surface area contributed by atoms with Gasteiger partial charge in [0.25, 0.3) is 11.8 Å². The Morgan fingerprint density at radius 1 is 1.27 bits per heavy atom. The van der Waals surface area contributed by atoms with E-state index in [1.807, 2.05) is 0 Å². The second-order valence-corrected chi connectivity index (χ2v) is 2.56. The molecule has 58 valence electrons. The maximum atomic E-state index is 12.7. The standard InChI is InChI=1S/C8H7FO2/c1-4-3-6-5(2)7(9)11-8(6)10-4/h3H,1-2H3. The molecule has 0 radical (unpaired) electrons. The molecule has 0 amide bonds. The molecule has 0 N–H and O–H groups in total. The summed E-state index contributed by atoms with van der Waals surface area (Å²) in [5.41, 5.74) is 0.511. The average molecular weight is 154 g/mol. The van der Waals surface area contributed by atoms with Gasteiger partial charge in [-0.15, -0.1) is 0 Å². The van der Waals surface area contributed by atoms with E-state index in [9.17, 15) is 4.39 Å². The summed E-state index contributed by atoms with van der Waals surface area (Å²) in [4.78, 5) is 0. The van der Waals surface area contributed by atoms with Crippen molar-refractivity contribution in [2.75, 3.05) is 0 Å². The Labute approximate surface area is 62.6 Å². The van der Waals surface area contributed by atoms with Crippen molar-refractivity contribution in [1.82, 2.24) is 0 Å². The highest BCUT2D eigenvalue weighted by molar-refractivity contribution is 5.77. The number of hydrogen-bond acceptors (Lipinski definition) is 2. The van der Waals surface area contributed by atoms with E-state index in [2.05, 4.69) is 4.42 Å².